The molecular weight excluding hydrogens is 246 g/mol. The van der Waals surface area contributed by atoms with Crippen molar-refractivity contribution in [2.45, 2.75) is 20.5 Å². The Kier molecular flexibility index (Phi) is 4.81. The maximum atomic E-state index is 5.85. The lowest BCUT2D eigenvalue weighted by molar-refractivity contribution is 0.305. The van der Waals surface area contributed by atoms with Crippen molar-refractivity contribution in [1.29, 1.82) is 0 Å². The molecule has 2 aromatic rings. The van der Waals surface area contributed by atoms with Crippen molar-refractivity contribution in [1.82, 2.24) is 0 Å². The maximum absolute atomic E-state index is 5.85. The molecule has 0 aliphatic carbocycles. The Morgan fingerprint density at radius 1 is 1.05 bits per heavy atom. The summed E-state index contributed by atoms with van der Waals surface area (Å²) in [6.07, 6.45) is 0. The van der Waals surface area contributed by atoms with Gasteiger partial charge >= 0.3 is 0 Å². The third-order valence-electron chi connectivity index (χ3n) is 3.22. The fourth-order valence-corrected chi connectivity index (χ4v) is 1.88. The lowest BCUT2D eigenvalue weighted by Crippen LogP contribution is -1.99. The van der Waals surface area contributed by atoms with Gasteiger partial charge in [-0.2, -0.15) is 0 Å². The van der Waals surface area contributed by atoms with E-state index in [4.69, 9.17) is 10.5 Å². The first kappa shape index (κ1) is 14.2. The minimum atomic E-state index is 0.367. The van der Waals surface area contributed by atoms with Crippen LogP contribution in [0.15, 0.2) is 42.5 Å². The Labute approximate surface area is 120 Å². The molecule has 0 fully saturated rings. The van der Waals surface area contributed by atoms with Crippen LogP contribution >= 0.6 is 0 Å². The fourth-order valence-electron chi connectivity index (χ4n) is 1.88. The SMILES string of the molecule is Cc1ccc(OCc2ccccc2C#CCN)cc1C. The predicted molar refractivity (Wildman–Crippen MR) is 82.6 cm³/mol. The zero-order chi connectivity index (χ0) is 14.4. The number of hydrogen-bond acceptors (Lipinski definition) is 2. The maximum Gasteiger partial charge on any atom is 0.120 e. The van der Waals surface area contributed by atoms with Gasteiger partial charge in [0, 0.05) is 11.1 Å². The summed E-state index contributed by atoms with van der Waals surface area (Å²) in [5.41, 5.74) is 9.97. The summed E-state index contributed by atoms with van der Waals surface area (Å²) in [5.74, 6) is 6.84. The molecule has 0 saturated heterocycles. The van der Waals surface area contributed by atoms with Gasteiger partial charge in [-0.1, -0.05) is 36.1 Å². The van der Waals surface area contributed by atoms with Crippen LogP contribution in [0.25, 0.3) is 0 Å². The van der Waals surface area contributed by atoms with Crippen LogP contribution in [0.2, 0.25) is 0 Å². The van der Waals surface area contributed by atoms with Gasteiger partial charge in [0.2, 0.25) is 0 Å². The number of aryl methyl sites for hydroxylation is 2. The van der Waals surface area contributed by atoms with Gasteiger partial charge in [0.25, 0.3) is 0 Å². The summed E-state index contributed by atoms with van der Waals surface area (Å²) in [5, 5.41) is 0. The number of nitrogens with two attached hydrogens (primary N) is 1. The molecule has 20 heavy (non-hydrogen) atoms. The van der Waals surface area contributed by atoms with Gasteiger partial charge in [-0.15, -0.1) is 0 Å². The van der Waals surface area contributed by atoms with Crippen LogP contribution in [0.3, 0.4) is 0 Å². The standard InChI is InChI=1S/C18H19NO/c1-14-9-10-18(12-15(14)2)20-13-17-7-4-3-6-16(17)8-5-11-19/h3-4,6-7,9-10,12H,11,13,19H2,1-2H3. The normalized spacial score (nSPS) is 9.75. The molecule has 0 aliphatic rings. The molecule has 0 amide bonds. The van der Waals surface area contributed by atoms with Gasteiger partial charge in [-0.3, -0.25) is 0 Å². The van der Waals surface area contributed by atoms with Crippen LogP contribution in [0.1, 0.15) is 22.3 Å². The highest BCUT2D eigenvalue weighted by molar-refractivity contribution is 5.41. The molecular formula is C18H19NO. The van der Waals surface area contributed by atoms with Gasteiger partial charge in [-0.25, -0.2) is 0 Å². The van der Waals surface area contributed by atoms with E-state index < -0.39 is 0 Å². The van der Waals surface area contributed by atoms with E-state index >= 15 is 0 Å². The highest BCUT2D eigenvalue weighted by Gasteiger charge is 2.02. The van der Waals surface area contributed by atoms with E-state index in [0.717, 1.165) is 16.9 Å². The molecule has 2 nitrogen and oxygen atoms in total. The number of ether oxygens (including phenoxy) is 1. The average molecular weight is 265 g/mol. The summed E-state index contributed by atoms with van der Waals surface area (Å²) in [6.45, 7) is 5.06. The van der Waals surface area contributed by atoms with Crippen molar-refractivity contribution in [3.05, 3.63) is 64.7 Å². The lowest BCUT2D eigenvalue weighted by Gasteiger charge is -2.09. The fraction of sp³-hybridized carbons (Fsp3) is 0.222. The molecule has 0 unspecified atom stereocenters. The number of benzene rings is 2. The van der Waals surface area contributed by atoms with Gasteiger partial charge in [0.1, 0.15) is 12.4 Å². The van der Waals surface area contributed by atoms with Crippen LogP contribution in [0.5, 0.6) is 5.75 Å². The molecule has 2 aromatic carbocycles. The Morgan fingerprint density at radius 2 is 1.85 bits per heavy atom. The topological polar surface area (TPSA) is 35.2 Å². The first-order valence-electron chi connectivity index (χ1n) is 6.67. The van der Waals surface area contributed by atoms with Gasteiger partial charge in [0.15, 0.2) is 0 Å². The Bertz CT molecular complexity index is 650. The Hall–Kier alpha value is -2.24. The molecule has 0 heterocycles. The number of hydrogen-bond donors (Lipinski definition) is 1. The monoisotopic (exact) mass is 265 g/mol. The van der Waals surface area contributed by atoms with Gasteiger partial charge in [-0.05, 0) is 43.2 Å². The molecule has 2 N–H and O–H groups in total. The van der Waals surface area contributed by atoms with E-state index in [1.165, 1.54) is 11.1 Å². The van der Waals surface area contributed by atoms with Crippen molar-refractivity contribution in [2.24, 2.45) is 5.73 Å². The van der Waals surface area contributed by atoms with Gasteiger partial charge in [0.05, 0.1) is 6.54 Å². The van der Waals surface area contributed by atoms with E-state index in [1.807, 2.05) is 30.3 Å². The molecule has 2 heteroatoms. The second-order valence-corrected chi connectivity index (χ2v) is 4.70. The third kappa shape index (κ3) is 3.63. The summed E-state index contributed by atoms with van der Waals surface area (Å²) in [6, 6.07) is 14.1. The average Bonchev–Trinajstić information content (AvgIpc) is 2.47. The molecule has 102 valence electrons. The third-order valence-corrected chi connectivity index (χ3v) is 3.22. The molecule has 0 aliphatic heterocycles. The van der Waals surface area contributed by atoms with Crippen molar-refractivity contribution >= 4 is 0 Å². The zero-order valence-corrected chi connectivity index (χ0v) is 11.9. The van der Waals surface area contributed by atoms with Crippen molar-refractivity contribution in [2.75, 3.05) is 6.54 Å². The van der Waals surface area contributed by atoms with Crippen LogP contribution in [-0.2, 0) is 6.61 Å². The Morgan fingerprint density at radius 3 is 2.60 bits per heavy atom. The first-order chi connectivity index (χ1) is 9.70. The smallest absolute Gasteiger partial charge is 0.120 e. The van der Waals surface area contributed by atoms with Crippen LogP contribution in [-0.4, -0.2) is 6.54 Å². The first-order valence-corrected chi connectivity index (χ1v) is 6.67. The largest absolute Gasteiger partial charge is 0.489 e. The van der Waals surface area contributed by atoms with Crippen LogP contribution in [0, 0.1) is 25.7 Å². The molecule has 0 saturated carbocycles. The van der Waals surface area contributed by atoms with Crippen molar-refractivity contribution in [3.63, 3.8) is 0 Å². The molecule has 0 atom stereocenters. The van der Waals surface area contributed by atoms with Crippen LogP contribution in [0.4, 0.5) is 0 Å². The van der Waals surface area contributed by atoms with Crippen molar-refractivity contribution in [3.8, 4) is 17.6 Å². The highest BCUT2D eigenvalue weighted by Crippen LogP contribution is 2.18. The van der Waals surface area contributed by atoms with Crippen LogP contribution < -0.4 is 10.5 Å². The second kappa shape index (κ2) is 6.79. The highest BCUT2D eigenvalue weighted by atomic mass is 16.5. The minimum Gasteiger partial charge on any atom is -0.489 e. The predicted octanol–water partition coefficient (Wildman–Crippen LogP) is 3.19. The van der Waals surface area contributed by atoms with Gasteiger partial charge < -0.3 is 10.5 Å². The van der Waals surface area contributed by atoms with E-state index in [-0.39, 0.29) is 0 Å². The van der Waals surface area contributed by atoms with Crippen molar-refractivity contribution < 1.29 is 4.74 Å². The van der Waals surface area contributed by atoms with E-state index in [1.54, 1.807) is 0 Å². The molecule has 0 bridgehead atoms. The quantitative estimate of drug-likeness (QED) is 0.865. The van der Waals surface area contributed by atoms with E-state index in [9.17, 15) is 0 Å². The number of rotatable bonds is 3. The second-order valence-electron chi connectivity index (χ2n) is 4.70. The summed E-state index contributed by atoms with van der Waals surface area (Å²) in [7, 11) is 0. The molecule has 2 rings (SSSR count). The minimum absolute atomic E-state index is 0.367. The molecule has 0 radical (unpaired) electrons. The molecule has 0 spiro atoms. The Balaban J connectivity index is 2.12. The summed E-state index contributed by atoms with van der Waals surface area (Å²) >= 11 is 0. The van der Waals surface area contributed by atoms with E-state index in [0.29, 0.717) is 13.2 Å². The molecule has 0 aromatic heterocycles. The lowest BCUT2D eigenvalue weighted by atomic mass is 10.1. The summed E-state index contributed by atoms with van der Waals surface area (Å²) < 4.78 is 5.85. The summed E-state index contributed by atoms with van der Waals surface area (Å²) in [4.78, 5) is 0. The zero-order valence-electron chi connectivity index (χ0n) is 11.9. The van der Waals surface area contributed by atoms with E-state index in [2.05, 4.69) is 37.8 Å².